The molecule has 2 rings (SSSR count). The number of amides is 2. The van der Waals surface area contributed by atoms with Gasteiger partial charge in [0.1, 0.15) is 17.2 Å². The van der Waals surface area contributed by atoms with Gasteiger partial charge in [0.2, 0.25) is 0 Å². The normalized spacial score (nSPS) is 9.93. The Morgan fingerprint density at radius 2 is 1.23 bits per heavy atom. The number of ether oxygens (including phenoxy) is 4. The van der Waals surface area contributed by atoms with Crippen molar-refractivity contribution in [2.24, 2.45) is 0 Å². The minimum atomic E-state index is -0.556. The maximum Gasteiger partial charge on any atom is 0.338 e. The van der Waals surface area contributed by atoms with Crippen molar-refractivity contribution in [2.75, 3.05) is 26.9 Å². The largest absolute Gasteiger partial charge is 0.497 e. The molecule has 0 aliphatic carbocycles. The zero-order valence-electron chi connectivity index (χ0n) is 16.8. The molecule has 2 aromatic rings. The SMILES string of the molecule is CCCOC(=O)c1ccc(OCC(=O)NNC(=O)COc2ccc(OC)cc2)cc1. The van der Waals surface area contributed by atoms with Crippen molar-refractivity contribution in [2.45, 2.75) is 13.3 Å². The standard InChI is InChI=1S/C21H24N2O7/c1-3-12-28-21(26)15-4-6-17(7-5-15)29-13-19(24)22-23-20(25)14-30-18-10-8-16(27-2)9-11-18/h4-11H,3,12-14H2,1-2H3,(H,22,24)(H,23,25). The van der Waals surface area contributed by atoms with Gasteiger partial charge in [0.15, 0.2) is 13.2 Å². The summed E-state index contributed by atoms with van der Waals surface area (Å²) in [4.78, 5) is 35.2. The van der Waals surface area contributed by atoms with E-state index >= 15 is 0 Å². The summed E-state index contributed by atoms with van der Waals surface area (Å²) in [5, 5.41) is 0. The zero-order valence-corrected chi connectivity index (χ0v) is 16.8. The van der Waals surface area contributed by atoms with E-state index in [-0.39, 0.29) is 13.2 Å². The van der Waals surface area contributed by atoms with E-state index in [1.54, 1.807) is 55.6 Å². The smallest absolute Gasteiger partial charge is 0.338 e. The molecule has 9 nitrogen and oxygen atoms in total. The van der Waals surface area contributed by atoms with Crippen LogP contribution in [0, 0.1) is 0 Å². The Morgan fingerprint density at radius 1 is 0.767 bits per heavy atom. The number of hydrogen-bond donors (Lipinski definition) is 2. The Kier molecular flexibility index (Phi) is 8.98. The molecule has 0 aromatic heterocycles. The van der Waals surface area contributed by atoms with Crippen molar-refractivity contribution in [3.8, 4) is 17.2 Å². The lowest BCUT2D eigenvalue weighted by atomic mass is 10.2. The molecule has 0 spiro atoms. The fourth-order valence-corrected chi connectivity index (χ4v) is 2.15. The predicted molar refractivity (Wildman–Crippen MR) is 107 cm³/mol. The fraction of sp³-hybridized carbons (Fsp3) is 0.286. The first kappa shape index (κ1) is 22.5. The minimum Gasteiger partial charge on any atom is -0.497 e. The van der Waals surface area contributed by atoms with Crippen LogP contribution < -0.4 is 25.1 Å². The molecular formula is C21H24N2O7. The van der Waals surface area contributed by atoms with E-state index in [9.17, 15) is 14.4 Å². The van der Waals surface area contributed by atoms with E-state index in [1.165, 1.54) is 0 Å². The number of esters is 1. The van der Waals surface area contributed by atoms with Crippen LogP contribution >= 0.6 is 0 Å². The fourth-order valence-electron chi connectivity index (χ4n) is 2.15. The van der Waals surface area contributed by atoms with Crippen LogP contribution in [0.25, 0.3) is 0 Å². The van der Waals surface area contributed by atoms with Crippen LogP contribution in [0.5, 0.6) is 17.2 Å². The lowest BCUT2D eigenvalue weighted by Crippen LogP contribution is -2.45. The lowest BCUT2D eigenvalue weighted by molar-refractivity contribution is -0.131. The van der Waals surface area contributed by atoms with Crippen molar-refractivity contribution in [1.82, 2.24) is 10.9 Å². The summed E-state index contributed by atoms with van der Waals surface area (Å²) < 4.78 is 20.7. The van der Waals surface area contributed by atoms with E-state index in [1.807, 2.05) is 6.92 Å². The molecule has 0 saturated heterocycles. The summed E-state index contributed by atoms with van der Waals surface area (Å²) in [6.07, 6.45) is 0.742. The van der Waals surface area contributed by atoms with Gasteiger partial charge in [0.05, 0.1) is 19.3 Å². The van der Waals surface area contributed by atoms with Crippen LogP contribution in [0.15, 0.2) is 48.5 Å². The summed E-state index contributed by atoms with van der Waals surface area (Å²) in [6.45, 7) is 1.67. The average molecular weight is 416 g/mol. The summed E-state index contributed by atoms with van der Waals surface area (Å²) in [5.41, 5.74) is 4.84. The lowest BCUT2D eigenvalue weighted by Gasteiger charge is -2.10. The van der Waals surface area contributed by atoms with Crippen LogP contribution in [0.4, 0.5) is 0 Å². The van der Waals surface area contributed by atoms with Crippen molar-refractivity contribution in [1.29, 1.82) is 0 Å². The molecule has 0 aliphatic heterocycles. The number of methoxy groups -OCH3 is 1. The van der Waals surface area contributed by atoms with Crippen LogP contribution in [0.2, 0.25) is 0 Å². The molecule has 2 N–H and O–H groups in total. The number of hydrazine groups is 1. The molecule has 0 radical (unpaired) electrons. The van der Waals surface area contributed by atoms with Crippen molar-refractivity contribution in [3.63, 3.8) is 0 Å². The zero-order chi connectivity index (χ0) is 21.8. The predicted octanol–water partition coefficient (Wildman–Crippen LogP) is 1.87. The first-order valence-corrected chi connectivity index (χ1v) is 9.26. The molecule has 0 fully saturated rings. The van der Waals surface area contributed by atoms with Gasteiger partial charge in [0, 0.05) is 0 Å². The molecule has 30 heavy (non-hydrogen) atoms. The molecular weight excluding hydrogens is 392 g/mol. The van der Waals surface area contributed by atoms with Gasteiger partial charge >= 0.3 is 5.97 Å². The highest BCUT2D eigenvalue weighted by molar-refractivity contribution is 5.89. The van der Waals surface area contributed by atoms with Crippen LogP contribution in [-0.4, -0.2) is 44.7 Å². The number of rotatable bonds is 10. The van der Waals surface area contributed by atoms with Gasteiger partial charge in [-0.05, 0) is 55.0 Å². The van der Waals surface area contributed by atoms with Crippen molar-refractivity contribution in [3.05, 3.63) is 54.1 Å². The maximum absolute atomic E-state index is 11.8. The Labute approximate surface area is 174 Å². The number of benzene rings is 2. The second kappa shape index (κ2) is 11.9. The third kappa shape index (κ3) is 7.70. The average Bonchev–Trinajstić information content (AvgIpc) is 2.79. The van der Waals surface area contributed by atoms with Crippen LogP contribution in [0.1, 0.15) is 23.7 Å². The highest BCUT2D eigenvalue weighted by Crippen LogP contribution is 2.16. The van der Waals surface area contributed by atoms with Gasteiger partial charge in [-0.15, -0.1) is 0 Å². The molecule has 0 bridgehead atoms. The van der Waals surface area contributed by atoms with E-state index in [4.69, 9.17) is 18.9 Å². The van der Waals surface area contributed by atoms with E-state index in [2.05, 4.69) is 10.9 Å². The van der Waals surface area contributed by atoms with Gasteiger partial charge in [-0.25, -0.2) is 4.79 Å². The number of nitrogens with one attached hydrogen (secondary N) is 2. The molecule has 0 atom stereocenters. The summed E-state index contributed by atoms with van der Waals surface area (Å²) >= 11 is 0. The highest BCUT2D eigenvalue weighted by Gasteiger charge is 2.09. The van der Waals surface area contributed by atoms with E-state index in [0.717, 1.165) is 6.42 Å². The Balaban J connectivity index is 1.66. The second-order valence-corrected chi connectivity index (χ2v) is 6.01. The van der Waals surface area contributed by atoms with Crippen LogP contribution in [-0.2, 0) is 14.3 Å². The number of carbonyl (C=O) groups is 3. The first-order chi connectivity index (χ1) is 14.5. The van der Waals surface area contributed by atoms with Crippen molar-refractivity contribution >= 4 is 17.8 Å². The molecule has 0 saturated carbocycles. The second-order valence-electron chi connectivity index (χ2n) is 6.01. The highest BCUT2D eigenvalue weighted by atomic mass is 16.5. The molecule has 0 unspecified atom stereocenters. The quantitative estimate of drug-likeness (QED) is 0.449. The summed E-state index contributed by atoms with van der Waals surface area (Å²) in [7, 11) is 1.55. The van der Waals surface area contributed by atoms with Gasteiger partial charge in [-0.1, -0.05) is 6.92 Å². The molecule has 160 valence electrons. The van der Waals surface area contributed by atoms with Crippen molar-refractivity contribution < 1.29 is 33.3 Å². The van der Waals surface area contributed by atoms with Gasteiger partial charge in [0.25, 0.3) is 11.8 Å². The third-order valence-corrected chi connectivity index (χ3v) is 3.67. The molecule has 0 aliphatic rings. The topological polar surface area (TPSA) is 112 Å². The van der Waals surface area contributed by atoms with E-state index < -0.39 is 17.8 Å². The summed E-state index contributed by atoms with van der Waals surface area (Å²) in [6, 6.07) is 12.9. The molecule has 2 amide bonds. The number of hydrogen-bond acceptors (Lipinski definition) is 7. The number of carbonyl (C=O) groups excluding carboxylic acids is 3. The molecule has 2 aromatic carbocycles. The maximum atomic E-state index is 11.8. The Bertz CT molecular complexity index is 835. The monoisotopic (exact) mass is 416 g/mol. The first-order valence-electron chi connectivity index (χ1n) is 9.26. The van der Waals surface area contributed by atoms with E-state index in [0.29, 0.717) is 29.4 Å². The van der Waals surface area contributed by atoms with Crippen LogP contribution in [0.3, 0.4) is 0 Å². The van der Waals surface area contributed by atoms with Gasteiger partial charge < -0.3 is 18.9 Å². The Morgan fingerprint density at radius 3 is 1.70 bits per heavy atom. The van der Waals surface area contributed by atoms with Gasteiger partial charge in [-0.3, -0.25) is 20.4 Å². The third-order valence-electron chi connectivity index (χ3n) is 3.67. The summed E-state index contributed by atoms with van der Waals surface area (Å²) in [5.74, 6) is 0.0492. The Hall–Kier alpha value is -3.75. The molecule has 9 heteroatoms. The van der Waals surface area contributed by atoms with Gasteiger partial charge in [-0.2, -0.15) is 0 Å². The molecule has 0 heterocycles. The minimum absolute atomic E-state index is 0.275.